The lowest BCUT2D eigenvalue weighted by atomic mass is 9.85. The minimum absolute atomic E-state index is 0.00261. The second-order valence-corrected chi connectivity index (χ2v) is 25.3. The number of aliphatic imine (C=N–C) groups is 1. The first-order valence-electron chi connectivity index (χ1n) is 26.7. The number of aliphatic hydroxyl groups excluding tert-OH is 1. The van der Waals surface area contributed by atoms with Crippen molar-refractivity contribution in [2.75, 3.05) is 24.2 Å². The standard InChI is InChI=1S/C57H68F2N10O8S2/c1-33-49(78-32-63-33)34-17-19-37(20-18-34)57(5)65-51(66-77-57)45-24-39(70)29-69(45)55(74)50(56(2,3)4)64-46(71)16-14-12-10-8-9-11-13-15-21-60-53(72)40-25-44-41(22-35(40)31-79(7,75)76)42-30-67(6)54(73)48-47(42)36(26-61-48)28-68(44)52-43(59)23-38(58)27-62-52/h17-20,22-23,25-27,30,32,39,45,50,61,70H,8-16,21,24,28-29,31H2,1-7H3,(H,60,72)(H,64,71)(H,65,66)/t39-,45?,50-,57-/m1/s1. The van der Waals surface area contributed by atoms with Crippen LogP contribution in [0.3, 0.4) is 0 Å². The highest BCUT2D eigenvalue weighted by atomic mass is 32.2. The number of thiazole rings is 1. The molecule has 2 aromatic carbocycles. The molecule has 3 aliphatic heterocycles. The lowest BCUT2D eigenvalue weighted by molar-refractivity contribution is -0.139. The van der Waals surface area contributed by atoms with Gasteiger partial charge in [-0.2, -0.15) is 0 Å². The summed E-state index contributed by atoms with van der Waals surface area (Å²) in [6.07, 6.45) is 11.6. The van der Waals surface area contributed by atoms with E-state index in [-0.39, 0.29) is 60.2 Å². The summed E-state index contributed by atoms with van der Waals surface area (Å²) in [5.74, 6) is -3.10. The molecule has 6 aromatic rings. The van der Waals surface area contributed by atoms with Crippen molar-refractivity contribution in [3.05, 3.63) is 117 Å². The molecule has 22 heteroatoms. The Bertz CT molecular complexity index is 3500. The summed E-state index contributed by atoms with van der Waals surface area (Å²) in [7, 11) is -2.08. The number of β-amino-alcohol motifs (C(OH)–C–C–N with tert-alkyl or cyclic N) is 1. The third-order valence-electron chi connectivity index (χ3n) is 15.0. The first-order chi connectivity index (χ1) is 37.5. The highest BCUT2D eigenvalue weighted by Crippen LogP contribution is 2.45. The second kappa shape index (κ2) is 23.1. The number of rotatable bonds is 20. The zero-order valence-corrected chi connectivity index (χ0v) is 47.2. The number of anilines is 2. The van der Waals surface area contributed by atoms with Crippen molar-refractivity contribution in [1.29, 1.82) is 0 Å². The number of benzene rings is 2. The van der Waals surface area contributed by atoms with E-state index in [1.165, 1.54) is 15.5 Å². The average Bonchev–Trinajstić information content (AvgIpc) is 4.41. The Balaban J connectivity index is 0.748. The van der Waals surface area contributed by atoms with Crippen molar-refractivity contribution in [1.82, 2.24) is 40.5 Å². The van der Waals surface area contributed by atoms with E-state index in [0.717, 1.165) is 72.7 Å². The van der Waals surface area contributed by atoms with Gasteiger partial charge < -0.3 is 35.1 Å². The molecular weight excluding hydrogens is 1050 g/mol. The molecule has 1 unspecified atom stereocenters. The Kier molecular flexibility index (Phi) is 16.6. The smallest absolute Gasteiger partial charge is 0.274 e. The van der Waals surface area contributed by atoms with E-state index in [0.29, 0.717) is 64.6 Å². The van der Waals surface area contributed by atoms with Gasteiger partial charge in [0, 0.05) is 85.3 Å². The fourth-order valence-electron chi connectivity index (χ4n) is 10.8. The Morgan fingerprint density at radius 3 is 2.38 bits per heavy atom. The van der Waals surface area contributed by atoms with E-state index >= 15 is 4.39 Å². The molecule has 4 aromatic heterocycles. The number of sulfone groups is 1. The molecule has 3 aliphatic rings. The quantitative estimate of drug-likeness (QED) is 0.0454. The fourth-order valence-corrected chi connectivity index (χ4v) is 12.4. The molecule has 5 N–H and O–H groups in total. The van der Waals surface area contributed by atoms with Gasteiger partial charge in [0.1, 0.15) is 23.2 Å². The number of unbranched alkanes of at least 4 members (excludes halogenated alkanes) is 7. The van der Waals surface area contributed by atoms with Crippen LogP contribution in [0.2, 0.25) is 0 Å². The summed E-state index contributed by atoms with van der Waals surface area (Å²) in [4.78, 5) is 81.6. The van der Waals surface area contributed by atoms with E-state index in [1.807, 2.05) is 64.4 Å². The summed E-state index contributed by atoms with van der Waals surface area (Å²) in [6, 6.07) is 10.3. The van der Waals surface area contributed by atoms with E-state index in [9.17, 15) is 37.1 Å². The van der Waals surface area contributed by atoms with Gasteiger partial charge in [-0.05, 0) is 60.9 Å². The van der Waals surface area contributed by atoms with E-state index in [1.54, 1.807) is 41.7 Å². The number of hydroxylamine groups is 1. The molecule has 1 saturated heterocycles. The van der Waals surface area contributed by atoms with Crippen molar-refractivity contribution in [3.8, 4) is 21.6 Å². The van der Waals surface area contributed by atoms with Gasteiger partial charge in [-0.1, -0.05) is 83.6 Å². The first kappa shape index (κ1) is 56.8. The zero-order valence-electron chi connectivity index (χ0n) is 45.5. The number of nitrogens with zero attached hydrogens (tertiary/aromatic N) is 6. The molecule has 18 nitrogen and oxygen atoms in total. The molecule has 4 atom stereocenters. The number of amides is 3. The summed E-state index contributed by atoms with van der Waals surface area (Å²) >= 11 is 1.58. The molecule has 79 heavy (non-hydrogen) atoms. The molecule has 0 aliphatic carbocycles. The van der Waals surface area contributed by atoms with Crippen molar-refractivity contribution < 1.29 is 41.5 Å². The maximum absolute atomic E-state index is 15.6. The number of aliphatic hydroxyl groups is 1. The molecule has 420 valence electrons. The van der Waals surface area contributed by atoms with Crippen LogP contribution in [0.1, 0.15) is 125 Å². The molecule has 1 fully saturated rings. The van der Waals surface area contributed by atoms with Crippen LogP contribution in [0.25, 0.3) is 32.5 Å². The van der Waals surface area contributed by atoms with Gasteiger partial charge in [0.2, 0.25) is 17.5 Å². The Morgan fingerprint density at radius 1 is 1.00 bits per heavy atom. The first-order valence-corrected chi connectivity index (χ1v) is 29.7. The minimum atomic E-state index is -3.67. The number of H-pyrrole nitrogens is 1. The molecule has 7 heterocycles. The van der Waals surface area contributed by atoms with Gasteiger partial charge in [0.25, 0.3) is 11.5 Å². The van der Waals surface area contributed by atoms with Gasteiger partial charge >= 0.3 is 0 Å². The van der Waals surface area contributed by atoms with Gasteiger partial charge in [0.05, 0.1) is 52.4 Å². The van der Waals surface area contributed by atoms with Crippen LogP contribution >= 0.6 is 11.3 Å². The molecular formula is C57H68F2N10O8S2. The molecule has 0 saturated carbocycles. The summed E-state index contributed by atoms with van der Waals surface area (Å²) in [5, 5.41) is 17.4. The van der Waals surface area contributed by atoms with E-state index in [4.69, 9.17) is 9.83 Å². The number of hydrogen-bond donors (Lipinski definition) is 5. The largest absolute Gasteiger partial charge is 0.391 e. The molecule has 9 rings (SSSR count). The van der Waals surface area contributed by atoms with Crippen molar-refractivity contribution in [2.24, 2.45) is 17.5 Å². The van der Waals surface area contributed by atoms with Crippen LogP contribution in [0.5, 0.6) is 0 Å². The van der Waals surface area contributed by atoms with Crippen LogP contribution < -0.4 is 26.6 Å². The maximum atomic E-state index is 15.6. The van der Waals surface area contributed by atoms with Crippen LogP contribution in [0.4, 0.5) is 20.3 Å². The van der Waals surface area contributed by atoms with Crippen molar-refractivity contribution in [2.45, 2.75) is 135 Å². The number of aryl methyl sites for hydroxylation is 2. The number of carbonyl (C=O) groups is 3. The number of hydrogen-bond acceptors (Lipinski definition) is 14. The van der Waals surface area contributed by atoms with Crippen LogP contribution in [0, 0.1) is 24.0 Å². The van der Waals surface area contributed by atoms with Gasteiger partial charge in [0.15, 0.2) is 21.5 Å². The lowest BCUT2D eigenvalue weighted by Gasteiger charge is -2.35. The third-order valence-corrected chi connectivity index (χ3v) is 16.8. The maximum Gasteiger partial charge on any atom is 0.274 e. The highest BCUT2D eigenvalue weighted by Gasteiger charge is 2.47. The minimum Gasteiger partial charge on any atom is -0.391 e. The molecule has 0 radical (unpaired) electrons. The SMILES string of the molecule is Cc1ncsc1-c1ccc([C@]2(C)N=C(C3C[C@@H](O)CN3C(=O)[C@@H](NC(=O)CCCCCCCCCCNC(=O)c3cc4c(cc3CS(C)(=O)=O)-c3cn(C)c(=O)c5[nH]cc(c35)CN4c3ncc(F)cc3F)C(C)(C)C)NO2)cc1. The number of pyridine rings is 2. The molecule has 0 spiro atoms. The number of carbonyl (C=O) groups excluding carboxylic acids is 3. The zero-order chi connectivity index (χ0) is 56.6. The summed E-state index contributed by atoms with van der Waals surface area (Å²) in [6.45, 7) is 9.93. The second-order valence-electron chi connectivity index (χ2n) is 22.3. The number of aromatic nitrogens is 4. The summed E-state index contributed by atoms with van der Waals surface area (Å²) in [5.41, 5.74) is 8.12. The predicted octanol–water partition coefficient (Wildman–Crippen LogP) is 8.37. The monoisotopic (exact) mass is 1120 g/mol. The van der Waals surface area contributed by atoms with Crippen LogP contribution in [-0.4, -0.2) is 99.0 Å². The predicted molar refractivity (Wildman–Crippen MR) is 300 cm³/mol. The Morgan fingerprint density at radius 2 is 1.71 bits per heavy atom. The lowest BCUT2D eigenvalue weighted by Crippen LogP contribution is -2.57. The summed E-state index contributed by atoms with van der Waals surface area (Å²) < 4.78 is 56.7. The van der Waals surface area contributed by atoms with E-state index in [2.05, 4.69) is 31.1 Å². The fraction of sp³-hybridized carbons (Fsp3) is 0.456. The Labute approximate surface area is 462 Å². The van der Waals surface area contributed by atoms with Crippen LogP contribution in [0.15, 0.2) is 76.4 Å². The topological polar surface area (TPSA) is 233 Å². The average molecular weight is 1120 g/mol. The van der Waals surface area contributed by atoms with Gasteiger partial charge in [-0.3, -0.25) is 19.2 Å². The normalized spacial score (nSPS) is 18.5. The molecule has 0 bridgehead atoms. The third kappa shape index (κ3) is 12.5. The van der Waals surface area contributed by atoms with Gasteiger partial charge in [-0.25, -0.2) is 42.5 Å². The number of likely N-dealkylation sites (tertiary alicyclic amines) is 1. The van der Waals surface area contributed by atoms with Crippen molar-refractivity contribution >= 4 is 67.1 Å². The number of nitrogens with one attached hydrogen (secondary N) is 4. The van der Waals surface area contributed by atoms with Crippen molar-refractivity contribution in [3.63, 3.8) is 0 Å². The number of halogens is 2. The number of aromatic amines is 1. The van der Waals surface area contributed by atoms with Crippen LogP contribution in [-0.2, 0) is 49.3 Å². The number of fused-ring (bicyclic) bond motifs is 2. The Hall–Kier alpha value is -6.88. The molecule has 3 amide bonds. The van der Waals surface area contributed by atoms with E-state index < -0.39 is 62.5 Å². The number of amidine groups is 1. The van der Waals surface area contributed by atoms with Gasteiger partial charge in [-0.15, -0.1) is 11.3 Å². The highest BCUT2D eigenvalue weighted by molar-refractivity contribution is 7.89.